The molecular formula is C22H35IN6O2. The molecule has 0 fully saturated rings. The third-order valence-electron chi connectivity index (χ3n) is 4.39. The molecule has 31 heavy (non-hydrogen) atoms. The molecule has 2 rings (SSSR count). The second-order valence-electron chi connectivity index (χ2n) is 7.88. The summed E-state index contributed by atoms with van der Waals surface area (Å²) < 4.78 is 7.35. The van der Waals surface area contributed by atoms with Crippen molar-refractivity contribution in [1.29, 1.82) is 0 Å². The normalized spacial score (nSPS) is 11.5. The van der Waals surface area contributed by atoms with Crippen LogP contribution in [0.1, 0.15) is 38.8 Å². The number of ether oxygens (including phenoxy) is 1. The van der Waals surface area contributed by atoms with E-state index in [9.17, 15) is 4.79 Å². The van der Waals surface area contributed by atoms with Gasteiger partial charge in [-0.2, -0.15) is 5.10 Å². The van der Waals surface area contributed by atoms with Crippen LogP contribution in [0.3, 0.4) is 0 Å². The highest BCUT2D eigenvalue weighted by Gasteiger charge is 2.20. The molecule has 172 valence electrons. The summed E-state index contributed by atoms with van der Waals surface area (Å²) in [7, 11) is 1.73. The Labute approximate surface area is 202 Å². The number of nitrogens with one attached hydrogen (secondary N) is 2. The van der Waals surface area contributed by atoms with Crippen LogP contribution in [0.4, 0.5) is 4.79 Å². The Hall–Kier alpha value is -2.30. The van der Waals surface area contributed by atoms with E-state index in [1.54, 1.807) is 18.1 Å². The van der Waals surface area contributed by atoms with Gasteiger partial charge in [-0.3, -0.25) is 9.67 Å². The molecule has 9 heteroatoms. The topological polar surface area (TPSA) is 83.8 Å². The van der Waals surface area contributed by atoms with Crippen LogP contribution in [0.15, 0.2) is 47.7 Å². The highest BCUT2D eigenvalue weighted by Crippen LogP contribution is 2.11. The molecule has 0 aliphatic rings. The summed E-state index contributed by atoms with van der Waals surface area (Å²) in [5.74, 6) is 0.684. The van der Waals surface area contributed by atoms with Crippen molar-refractivity contribution >= 4 is 36.0 Å². The first-order chi connectivity index (χ1) is 14.3. The number of benzene rings is 1. The predicted molar refractivity (Wildman–Crippen MR) is 135 cm³/mol. The number of amides is 1. The molecule has 0 bridgehead atoms. The van der Waals surface area contributed by atoms with Crippen LogP contribution >= 0.6 is 24.0 Å². The van der Waals surface area contributed by atoms with Crippen molar-refractivity contribution in [2.75, 3.05) is 26.7 Å². The zero-order valence-corrected chi connectivity index (χ0v) is 21.4. The molecule has 1 aromatic carbocycles. The molecule has 0 radical (unpaired) electrons. The third kappa shape index (κ3) is 9.58. The molecule has 0 aliphatic heterocycles. The number of nitrogens with zero attached hydrogens (tertiary/aromatic N) is 4. The van der Waals surface area contributed by atoms with Crippen LogP contribution in [-0.4, -0.2) is 59.0 Å². The summed E-state index contributed by atoms with van der Waals surface area (Å²) in [6.45, 7) is 10.6. The van der Waals surface area contributed by atoms with Crippen LogP contribution in [0.5, 0.6) is 0 Å². The highest BCUT2D eigenvalue weighted by molar-refractivity contribution is 14.0. The maximum atomic E-state index is 12.2. The molecule has 1 amide bonds. The molecule has 0 spiro atoms. The zero-order valence-electron chi connectivity index (χ0n) is 19.1. The van der Waals surface area contributed by atoms with Crippen LogP contribution in [0, 0.1) is 0 Å². The van der Waals surface area contributed by atoms with E-state index in [-0.39, 0.29) is 30.1 Å². The number of hydrogen-bond donors (Lipinski definition) is 2. The van der Waals surface area contributed by atoms with Gasteiger partial charge in [0.15, 0.2) is 5.96 Å². The summed E-state index contributed by atoms with van der Waals surface area (Å²) in [4.78, 5) is 18.2. The lowest BCUT2D eigenvalue weighted by atomic mass is 10.1. The maximum Gasteiger partial charge on any atom is 0.410 e. The Kier molecular flexibility index (Phi) is 11.4. The Bertz CT molecular complexity index is 818. The van der Waals surface area contributed by atoms with Crippen molar-refractivity contribution in [1.82, 2.24) is 25.3 Å². The van der Waals surface area contributed by atoms with Gasteiger partial charge in [0.05, 0.1) is 6.54 Å². The first kappa shape index (κ1) is 26.7. The number of aliphatic imine (C=N–C) groups is 1. The van der Waals surface area contributed by atoms with E-state index in [1.807, 2.05) is 56.8 Å². The Morgan fingerprint density at radius 3 is 2.48 bits per heavy atom. The number of carbonyl (C=O) groups excluding carboxylic acids is 1. The van der Waals surface area contributed by atoms with Crippen LogP contribution in [-0.2, 0) is 17.8 Å². The Morgan fingerprint density at radius 1 is 1.19 bits per heavy atom. The first-order valence-electron chi connectivity index (χ1n) is 10.3. The van der Waals surface area contributed by atoms with Crippen molar-refractivity contribution in [3.05, 3.63) is 53.9 Å². The SMILES string of the molecule is CCN(CCNC(=NC)NCc1ccccc1Cn1cccn1)C(=O)OC(C)(C)C.I. The van der Waals surface area contributed by atoms with Gasteiger partial charge in [0.1, 0.15) is 5.60 Å². The van der Waals surface area contributed by atoms with E-state index in [0.29, 0.717) is 32.1 Å². The van der Waals surface area contributed by atoms with E-state index in [0.717, 1.165) is 6.54 Å². The minimum atomic E-state index is -0.501. The molecule has 8 nitrogen and oxygen atoms in total. The second-order valence-corrected chi connectivity index (χ2v) is 7.88. The lowest BCUT2D eigenvalue weighted by Crippen LogP contribution is -2.44. The van der Waals surface area contributed by atoms with Crippen molar-refractivity contribution in [3.8, 4) is 0 Å². The molecular weight excluding hydrogens is 507 g/mol. The molecule has 1 aromatic heterocycles. The first-order valence-corrected chi connectivity index (χ1v) is 10.3. The number of likely N-dealkylation sites (N-methyl/N-ethyl adjacent to an activating group) is 1. The lowest BCUT2D eigenvalue weighted by Gasteiger charge is -2.26. The molecule has 0 unspecified atom stereocenters. The summed E-state index contributed by atoms with van der Waals surface area (Å²) >= 11 is 0. The minimum absolute atomic E-state index is 0. The minimum Gasteiger partial charge on any atom is -0.444 e. The van der Waals surface area contributed by atoms with E-state index < -0.39 is 5.60 Å². The van der Waals surface area contributed by atoms with E-state index in [4.69, 9.17) is 4.74 Å². The third-order valence-corrected chi connectivity index (χ3v) is 4.39. The molecule has 0 atom stereocenters. The number of carbonyl (C=O) groups is 1. The van der Waals surface area contributed by atoms with Crippen LogP contribution in [0.2, 0.25) is 0 Å². The molecule has 0 saturated carbocycles. The zero-order chi connectivity index (χ0) is 22.0. The number of halogens is 1. The quantitative estimate of drug-likeness (QED) is 0.303. The standard InChI is InChI=1S/C22H34N6O2.HI/c1-6-27(21(29)30-22(2,3)4)15-13-24-20(23-5)25-16-18-10-7-8-11-19(18)17-28-14-9-12-26-28;/h7-12,14H,6,13,15-17H2,1-5H3,(H2,23,24,25);1H. The van der Waals surface area contributed by atoms with Gasteiger partial charge >= 0.3 is 6.09 Å². The van der Waals surface area contributed by atoms with Gasteiger partial charge < -0.3 is 20.3 Å². The van der Waals surface area contributed by atoms with Gasteiger partial charge in [0.25, 0.3) is 0 Å². The lowest BCUT2D eigenvalue weighted by molar-refractivity contribution is 0.0264. The monoisotopic (exact) mass is 542 g/mol. The number of aromatic nitrogens is 2. The summed E-state index contributed by atoms with van der Waals surface area (Å²) in [6, 6.07) is 10.2. The maximum absolute atomic E-state index is 12.2. The molecule has 1 heterocycles. The Balaban J connectivity index is 0.00000480. The fourth-order valence-electron chi connectivity index (χ4n) is 2.87. The molecule has 2 N–H and O–H groups in total. The second kappa shape index (κ2) is 13.2. The average Bonchev–Trinajstić information content (AvgIpc) is 3.20. The van der Waals surface area contributed by atoms with E-state index in [2.05, 4.69) is 32.9 Å². The highest BCUT2D eigenvalue weighted by atomic mass is 127. The molecule has 2 aromatic rings. The van der Waals surface area contributed by atoms with Gasteiger partial charge in [0, 0.05) is 45.6 Å². The largest absolute Gasteiger partial charge is 0.444 e. The van der Waals surface area contributed by atoms with Gasteiger partial charge in [-0.15, -0.1) is 24.0 Å². The fourth-order valence-corrected chi connectivity index (χ4v) is 2.87. The molecule has 0 saturated heterocycles. The summed E-state index contributed by atoms with van der Waals surface area (Å²) in [5, 5.41) is 10.9. The van der Waals surface area contributed by atoms with Crippen molar-refractivity contribution in [2.45, 2.75) is 46.4 Å². The van der Waals surface area contributed by atoms with E-state index >= 15 is 0 Å². The summed E-state index contributed by atoms with van der Waals surface area (Å²) in [6.07, 6.45) is 3.43. The van der Waals surface area contributed by atoms with Gasteiger partial charge in [-0.25, -0.2) is 4.79 Å². The smallest absolute Gasteiger partial charge is 0.410 e. The van der Waals surface area contributed by atoms with Crippen molar-refractivity contribution < 1.29 is 9.53 Å². The number of hydrogen-bond acceptors (Lipinski definition) is 4. The average molecular weight is 542 g/mol. The van der Waals surface area contributed by atoms with Crippen LogP contribution < -0.4 is 10.6 Å². The molecule has 0 aliphatic carbocycles. The number of rotatable bonds is 8. The predicted octanol–water partition coefficient (Wildman–Crippen LogP) is 3.47. The van der Waals surface area contributed by atoms with Crippen LogP contribution in [0.25, 0.3) is 0 Å². The number of guanidine groups is 1. The summed E-state index contributed by atoms with van der Waals surface area (Å²) in [5.41, 5.74) is 1.88. The van der Waals surface area contributed by atoms with Gasteiger partial charge in [0.2, 0.25) is 0 Å². The van der Waals surface area contributed by atoms with Gasteiger partial charge in [-0.05, 0) is 44.9 Å². The van der Waals surface area contributed by atoms with Crippen molar-refractivity contribution in [3.63, 3.8) is 0 Å². The van der Waals surface area contributed by atoms with Gasteiger partial charge in [-0.1, -0.05) is 24.3 Å². The van der Waals surface area contributed by atoms with E-state index in [1.165, 1.54) is 11.1 Å². The Morgan fingerprint density at radius 2 is 1.90 bits per heavy atom. The fraction of sp³-hybridized carbons (Fsp3) is 0.500. The van der Waals surface area contributed by atoms with Crippen molar-refractivity contribution in [2.24, 2.45) is 4.99 Å².